The molecule has 4 rings (SSSR count). The number of carbonyl (C=O) groups excluding carboxylic acids is 2. The maximum Gasteiger partial charge on any atom is 0.255 e. The summed E-state index contributed by atoms with van der Waals surface area (Å²) in [5, 5.41) is 3.13. The van der Waals surface area contributed by atoms with Crippen molar-refractivity contribution in [2.24, 2.45) is 0 Å². The maximum absolute atomic E-state index is 13.9. The average Bonchev–Trinajstić information content (AvgIpc) is 3.58. The molecule has 2 amide bonds. The zero-order valence-corrected chi connectivity index (χ0v) is 20.3. The summed E-state index contributed by atoms with van der Waals surface area (Å²) < 4.78 is 30.3. The van der Waals surface area contributed by atoms with Gasteiger partial charge in [-0.05, 0) is 61.6 Å². The van der Waals surface area contributed by atoms with Gasteiger partial charge in [0.2, 0.25) is 5.91 Å². The second kappa shape index (κ2) is 11.5. The molecular weight excluding hydrogens is 451 g/mol. The lowest BCUT2D eigenvalue weighted by Crippen LogP contribution is -2.48. The first-order chi connectivity index (χ1) is 17.0. The Hall–Kier alpha value is -3.13. The van der Waals surface area contributed by atoms with E-state index in [0.717, 1.165) is 38.5 Å². The number of ether oxygens (including phenoxy) is 3. The number of amides is 2. The number of nitrogens with zero attached hydrogens (tertiary/aromatic N) is 1. The van der Waals surface area contributed by atoms with E-state index < -0.39 is 11.9 Å². The molecule has 1 heterocycles. The average molecular weight is 485 g/mol. The van der Waals surface area contributed by atoms with Gasteiger partial charge in [0, 0.05) is 24.8 Å². The van der Waals surface area contributed by atoms with Crippen molar-refractivity contribution in [1.29, 1.82) is 0 Å². The van der Waals surface area contributed by atoms with Crippen molar-refractivity contribution in [3.8, 4) is 11.5 Å². The Bertz CT molecular complexity index is 1020. The molecule has 35 heavy (non-hydrogen) atoms. The first kappa shape index (κ1) is 25.0. The fourth-order valence-corrected chi connectivity index (χ4v) is 4.92. The van der Waals surface area contributed by atoms with Crippen molar-refractivity contribution in [1.82, 2.24) is 10.2 Å². The molecule has 188 valence electrons. The van der Waals surface area contributed by atoms with Crippen LogP contribution in [0.25, 0.3) is 0 Å². The van der Waals surface area contributed by atoms with Crippen LogP contribution >= 0.6 is 0 Å². The zero-order chi connectivity index (χ0) is 24.8. The molecule has 1 N–H and O–H groups in total. The Morgan fingerprint density at radius 2 is 1.74 bits per heavy atom. The number of hydrogen-bond acceptors (Lipinski definition) is 5. The van der Waals surface area contributed by atoms with Gasteiger partial charge < -0.3 is 24.4 Å². The Morgan fingerprint density at radius 3 is 2.37 bits per heavy atom. The number of rotatable bonds is 9. The van der Waals surface area contributed by atoms with Crippen LogP contribution in [0.15, 0.2) is 42.5 Å². The molecule has 1 saturated carbocycles. The van der Waals surface area contributed by atoms with Gasteiger partial charge in [-0.3, -0.25) is 9.59 Å². The molecule has 0 radical (unpaired) electrons. The van der Waals surface area contributed by atoms with Crippen LogP contribution in [0.2, 0.25) is 0 Å². The van der Waals surface area contributed by atoms with Crippen molar-refractivity contribution in [2.45, 2.75) is 56.7 Å². The van der Waals surface area contributed by atoms with Gasteiger partial charge in [-0.1, -0.05) is 25.0 Å². The Balaban J connectivity index is 1.72. The fraction of sp³-hybridized carbons (Fsp3) is 0.481. The van der Waals surface area contributed by atoms with E-state index in [-0.39, 0.29) is 30.5 Å². The van der Waals surface area contributed by atoms with Gasteiger partial charge in [-0.15, -0.1) is 0 Å². The van der Waals surface area contributed by atoms with Gasteiger partial charge in [0.15, 0.2) is 11.5 Å². The van der Waals surface area contributed by atoms with Crippen LogP contribution in [-0.4, -0.2) is 56.2 Å². The molecule has 2 atom stereocenters. The van der Waals surface area contributed by atoms with E-state index in [2.05, 4.69) is 5.32 Å². The maximum atomic E-state index is 13.9. The standard InChI is InChI=1S/C27H33FN2O5/c1-33-23-14-11-19(16-24(23)34-2)27(32)30(17-22-8-5-15-35-22)25(18-9-12-20(28)13-10-18)26(31)29-21-6-3-4-7-21/h9-14,16,21-22,25H,3-8,15,17H2,1-2H3,(H,29,31). The highest BCUT2D eigenvalue weighted by Crippen LogP contribution is 2.31. The van der Waals surface area contributed by atoms with E-state index in [1.807, 2.05) is 0 Å². The minimum Gasteiger partial charge on any atom is -0.493 e. The quantitative estimate of drug-likeness (QED) is 0.576. The molecule has 1 aliphatic heterocycles. The third-order valence-corrected chi connectivity index (χ3v) is 6.76. The van der Waals surface area contributed by atoms with Gasteiger partial charge in [-0.2, -0.15) is 0 Å². The van der Waals surface area contributed by atoms with Gasteiger partial charge in [0.25, 0.3) is 5.91 Å². The van der Waals surface area contributed by atoms with E-state index in [0.29, 0.717) is 29.2 Å². The van der Waals surface area contributed by atoms with Crippen molar-refractivity contribution in [3.63, 3.8) is 0 Å². The number of carbonyl (C=O) groups is 2. The number of nitrogens with one attached hydrogen (secondary N) is 1. The van der Waals surface area contributed by atoms with Gasteiger partial charge in [0.1, 0.15) is 11.9 Å². The minimum atomic E-state index is -0.930. The molecule has 2 aliphatic rings. The van der Waals surface area contributed by atoms with Crippen molar-refractivity contribution >= 4 is 11.8 Å². The lowest BCUT2D eigenvalue weighted by molar-refractivity contribution is -0.127. The normalized spacial score (nSPS) is 18.8. The molecule has 0 spiro atoms. The largest absolute Gasteiger partial charge is 0.493 e. The van der Waals surface area contributed by atoms with Gasteiger partial charge in [-0.25, -0.2) is 4.39 Å². The van der Waals surface area contributed by atoms with Crippen LogP contribution < -0.4 is 14.8 Å². The zero-order valence-electron chi connectivity index (χ0n) is 20.3. The minimum absolute atomic E-state index is 0.0752. The third kappa shape index (κ3) is 5.93. The number of benzene rings is 2. The Morgan fingerprint density at radius 1 is 1.03 bits per heavy atom. The van der Waals surface area contributed by atoms with E-state index >= 15 is 0 Å². The second-order valence-electron chi connectivity index (χ2n) is 9.11. The molecule has 2 fully saturated rings. The summed E-state index contributed by atoms with van der Waals surface area (Å²) in [6, 6.07) is 9.85. The highest BCUT2D eigenvalue weighted by atomic mass is 19.1. The summed E-state index contributed by atoms with van der Waals surface area (Å²) in [4.78, 5) is 29.2. The molecule has 2 aromatic rings. The summed E-state index contributed by atoms with van der Waals surface area (Å²) in [5.74, 6) is -0.0822. The number of hydrogen-bond donors (Lipinski definition) is 1. The summed E-state index contributed by atoms with van der Waals surface area (Å²) in [7, 11) is 3.04. The van der Waals surface area contributed by atoms with E-state index in [9.17, 15) is 14.0 Å². The van der Waals surface area contributed by atoms with Crippen LogP contribution in [-0.2, 0) is 9.53 Å². The van der Waals surface area contributed by atoms with E-state index in [1.54, 1.807) is 35.2 Å². The highest BCUT2D eigenvalue weighted by Gasteiger charge is 2.36. The second-order valence-corrected chi connectivity index (χ2v) is 9.11. The fourth-order valence-electron chi connectivity index (χ4n) is 4.92. The molecular formula is C27H33FN2O5. The molecule has 2 unspecified atom stereocenters. The molecule has 8 heteroatoms. The lowest BCUT2D eigenvalue weighted by atomic mass is 10.0. The van der Waals surface area contributed by atoms with Crippen molar-refractivity contribution in [3.05, 3.63) is 59.4 Å². The molecule has 1 aliphatic carbocycles. The summed E-state index contributed by atoms with van der Waals surface area (Å²) in [6.45, 7) is 0.867. The molecule has 1 saturated heterocycles. The smallest absolute Gasteiger partial charge is 0.255 e. The monoisotopic (exact) mass is 484 g/mol. The van der Waals surface area contributed by atoms with Gasteiger partial charge >= 0.3 is 0 Å². The predicted octanol–water partition coefficient (Wildman–Crippen LogP) is 4.26. The number of methoxy groups -OCH3 is 2. The van der Waals surface area contributed by atoms with Gasteiger partial charge in [0.05, 0.1) is 20.3 Å². The number of halogens is 1. The highest BCUT2D eigenvalue weighted by molar-refractivity contribution is 5.98. The summed E-state index contributed by atoms with van der Waals surface area (Å²) >= 11 is 0. The lowest BCUT2D eigenvalue weighted by Gasteiger charge is -2.34. The topological polar surface area (TPSA) is 77.1 Å². The van der Waals surface area contributed by atoms with Crippen LogP contribution in [0, 0.1) is 5.82 Å². The van der Waals surface area contributed by atoms with E-state index in [1.165, 1.54) is 26.4 Å². The molecule has 0 bridgehead atoms. The van der Waals surface area contributed by atoms with Crippen LogP contribution in [0.1, 0.15) is 60.5 Å². The Kier molecular flexibility index (Phi) is 8.23. The molecule has 7 nitrogen and oxygen atoms in total. The van der Waals surface area contributed by atoms with E-state index in [4.69, 9.17) is 14.2 Å². The molecule has 0 aromatic heterocycles. The summed E-state index contributed by atoms with van der Waals surface area (Å²) in [6.07, 6.45) is 5.48. The van der Waals surface area contributed by atoms with Crippen LogP contribution in [0.5, 0.6) is 11.5 Å². The SMILES string of the molecule is COc1ccc(C(=O)N(CC2CCCO2)C(C(=O)NC2CCCC2)c2ccc(F)cc2)cc1OC. The van der Waals surface area contributed by atoms with Crippen LogP contribution in [0.4, 0.5) is 4.39 Å². The van der Waals surface area contributed by atoms with Crippen LogP contribution in [0.3, 0.4) is 0 Å². The summed E-state index contributed by atoms with van der Waals surface area (Å²) in [5.41, 5.74) is 0.912. The van der Waals surface area contributed by atoms with Crippen molar-refractivity contribution < 1.29 is 28.2 Å². The first-order valence-corrected chi connectivity index (χ1v) is 12.2. The molecule has 2 aromatic carbocycles. The first-order valence-electron chi connectivity index (χ1n) is 12.2. The Labute approximate surface area is 205 Å². The third-order valence-electron chi connectivity index (χ3n) is 6.76. The predicted molar refractivity (Wildman–Crippen MR) is 129 cm³/mol. The van der Waals surface area contributed by atoms with Crippen molar-refractivity contribution in [2.75, 3.05) is 27.4 Å².